The van der Waals surface area contributed by atoms with E-state index in [-0.39, 0.29) is 19.0 Å². The van der Waals surface area contributed by atoms with Gasteiger partial charge in [0.1, 0.15) is 0 Å². The van der Waals surface area contributed by atoms with Crippen LogP contribution in [-0.4, -0.2) is 11.7 Å². The summed E-state index contributed by atoms with van der Waals surface area (Å²) in [5, 5.41) is 10.6. The van der Waals surface area contributed by atoms with E-state index in [2.05, 4.69) is 0 Å². The average Bonchev–Trinajstić information content (AvgIpc) is 2.62. The third-order valence-electron chi connectivity index (χ3n) is 1.99. The van der Waals surface area contributed by atoms with Gasteiger partial charge >= 0.3 is 0 Å². The number of fused-ring (bicyclic) bond motifs is 1. The molecule has 6 nitrogen and oxygen atoms in total. The molecule has 0 aromatic heterocycles. The fourth-order valence-electron chi connectivity index (χ4n) is 1.31. The van der Waals surface area contributed by atoms with Crippen molar-refractivity contribution in [3.63, 3.8) is 0 Å². The van der Waals surface area contributed by atoms with Crippen molar-refractivity contribution in [1.29, 1.82) is 0 Å². The highest BCUT2D eigenvalue weighted by Crippen LogP contribution is 2.37. The molecule has 74 valence electrons. The van der Waals surface area contributed by atoms with Gasteiger partial charge in [0.05, 0.1) is 11.0 Å². The molecule has 1 aromatic rings. The van der Waals surface area contributed by atoms with Crippen molar-refractivity contribution in [3.8, 4) is 11.5 Å². The van der Waals surface area contributed by atoms with Crippen LogP contribution in [0, 0.1) is 10.1 Å². The van der Waals surface area contributed by atoms with Gasteiger partial charge in [0, 0.05) is 12.1 Å². The molecule has 0 atom stereocenters. The maximum atomic E-state index is 10.6. The van der Waals surface area contributed by atoms with E-state index in [1.54, 1.807) is 6.07 Å². The van der Waals surface area contributed by atoms with E-state index < -0.39 is 4.92 Å². The highest BCUT2D eigenvalue weighted by molar-refractivity contribution is 5.55. The molecule has 2 N–H and O–H groups in total. The first-order chi connectivity index (χ1) is 6.72. The molecule has 1 aromatic carbocycles. The number of hydrogen-bond donors (Lipinski definition) is 1. The molecule has 2 rings (SSSR count). The largest absolute Gasteiger partial charge is 0.454 e. The van der Waals surface area contributed by atoms with E-state index in [4.69, 9.17) is 15.2 Å². The van der Waals surface area contributed by atoms with Crippen molar-refractivity contribution in [2.75, 3.05) is 6.79 Å². The number of nitro benzene ring substituents is 1. The summed E-state index contributed by atoms with van der Waals surface area (Å²) in [5.74, 6) is 0.907. The van der Waals surface area contributed by atoms with Crippen LogP contribution in [0.2, 0.25) is 0 Å². The van der Waals surface area contributed by atoms with Gasteiger partial charge in [-0.3, -0.25) is 10.1 Å². The summed E-state index contributed by atoms with van der Waals surface area (Å²) in [4.78, 5) is 10.2. The Kier molecular flexibility index (Phi) is 1.97. The Hall–Kier alpha value is -1.82. The van der Waals surface area contributed by atoms with E-state index in [0.29, 0.717) is 17.1 Å². The molecule has 14 heavy (non-hydrogen) atoms. The first-order valence-corrected chi connectivity index (χ1v) is 3.99. The van der Waals surface area contributed by atoms with Gasteiger partial charge in [-0.1, -0.05) is 0 Å². The minimum Gasteiger partial charge on any atom is -0.454 e. The molecule has 1 aliphatic heterocycles. The topological polar surface area (TPSA) is 87.6 Å². The smallest absolute Gasteiger partial charge is 0.277 e. The lowest BCUT2D eigenvalue weighted by Gasteiger charge is -2.01. The summed E-state index contributed by atoms with van der Waals surface area (Å²) < 4.78 is 10.1. The van der Waals surface area contributed by atoms with E-state index in [1.165, 1.54) is 6.07 Å². The first kappa shape index (κ1) is 8.76. The van der Waals surface area contributed by atoms with Gasteiger partial charge in [-0.2, -0.15) is 0 Å². The lowest BCUT2D eigenvalue weighted by Crippen LogP contribution is -2.01. The molecule has 0 amide bonds. The Bertz CT molecular complexity index is 391. The van der Waals surface area contributed by atoms with Crippen LogP contribution in [0.1, 0.15) is 5.56 Å². The monoisotopic (exact) mass is 196 g/mol. The minimum atomic E-state index is -0.482. The zero-order valence-corrected chi connectivity index (χ0v) is 7.23. The average molecular weight is 196 g/mol. The molecule has 0 spiro atoms. The molecule has 0 saturated carbocycles. The van der Waals surface area contributed by atoms with Crippen molar-refractivity contribution >= 4 is 5.69 Å². The fourth-order valence-corrected chi connectivity index (χ4v) is 1.31. The van der Waals surface area contributed by atoms with E-state index >= 15 is 0 Å². The molecule has 0 aliphatic carbocycles. The van der Waals surface area contributed by atoms with E-state index in [0.717, 1.165) is 0 Å². The highest BCUT2D eigenvalue weighted by Gasteiger charge is 2.22. The standard InChI is InChI=1S/C8H8N2O4/c9-3-5-1-7-8(14-4-13-7)2-6(5)10(11)12/h1-2H,3-4,9H2. The van der Waals surface area contributed by atoms with Gasteiger partial charge in [0.25, 0.3) is 5.69 Å². The van der Waals surface area contributed by atoms with Crippen molar-refractivity contribution in [1.82, 2.24) is 0 Å². The Morgan fingerprint density at radius 2 is 2.07 bits per heavy atom. The molecule has 6 heteroatoms. The van der Waals surface area contributed by atoms with Crippen LogP contribution in [0.3, 0.4) is 0 Å². The quantitative estimate of drug-likeness (QED) is 0.557. The number of ether oxygens (including phenoxy) is 2. The Morgan fingerprint density at radius 1 is 1.43 bits per heavy atom. The van der Waals surface area contributed by atoms with Crippen molar-refractivity contribution in [3.05, 3.63) is 27.8 Å². The van der Waals surface area contributed by atoms with Gasteiger partial charge in [0.2, 0.25) is 6.79 Å². The van der Waals surface area contributed by atoms with Crippen LogP contribution >= 0.6 is 0 Å². The summed E-state index contributed by atoms with van der Waals surface area (Å²) in [6.45, 7) is 0.202. The molecule has 1 aliphatic rings. The predicted octanol–water partition coefficient (Wildman–Crippen LogP) is 0.782. The molecule has 1 heterocycles. The molecule has 0 unspecified atom stereocenters. The molecular weight excluding hydrogens is 188 g/mol. The number of hydrogen-bond acceptors (Lipinski definition) is 5. The molecule has 0 saturated heterocycles. The van der Waals surface area contributed by atoms with Gasteiger partial charge in [0.15, 0.2) is 11.5 Å². The summed E-state index contributed by atoms with van der Waals surface area (Å²) >= 11 is 0. The number of benzene rings is 1. The molecule has 0 fully saturated rings. The lowest BCUT2D eigenvalue weighted by atomic mass is 10.1. The van der Waals surface area contributed by atoms with Crippen LogP contribution in [0.5, 0.6) is 11.5 Å². The highest BCUT2D eigenvalue weighted by atomic mass is 16.7. The second-order valence-corrected chi connectivity index (χ2v) is 2.80. The third-order valence-corrected chi connectivity index (χ3v) is 1.99. The number of nitro groups is 1. The Balaban J connectivity index is 2.54. The van der Waals surface area contributed by atoms with Crippen LogP contribution in [-0.2, 0) is 6.54 Å². The summed E-state index contributed by atoms with van der Waals surface area (Å²) in [5.41, 5.74) is 5.79. The fraction of sp³-hybridized carbons (Fsp3) is 0.250. The van der Waals surface area contributed by atoms with Crippen LogP contribution < -0.4 is 15.2 Å². The maximum Gasteiger partial charge on any atom is 0.277 e. The summed E-state index contributed by atoms with van der Waals surface area (Å²) in [7, 11) is 0. The third kappa shape index (κ3) is 1.25. The van der Waals surface area contributed by atoms with E-state index in [1.807, 2.05) is 0 Å². The van der Waals surface area contributed by atoms with Gasteiger partial charge in [-0.05, 0) is 6.07 Å². The van der Waals surface area contributed by atoms with Crippen LogP contribution in [0.15, 0.2) is 12.1 Å². The summed E-state index contributed by atoms with van der Waals surface area (Å²) in [6.07, 6.45) is 0. The van der Waals surface area contributed by atoms with Crippen molar-refractivity contribution < 1.29 is 14.4 Å². The summed E-state index contributed by atoms with van der Waals surface area (Å²) in [6, 6.07) is 2.88. The number of nitrogens with zero attached hydrogens (tertiary/aromatic N) is 1. The van der Waals surface area contributed by atoms with Crippen molar-refractivity contribution in [2.24, 2.45) is 5.73 Å². The predicted molar refractivity (Wildman–Crippen MR) is 47.1 cm³/mol. The van der Waals surface area contributed by atoms with Gasteiger partial charge in [-0.25, -0.2) is 0 Å². The zero-order chi connectivity index (χ0) is 10.1. The molecule has 0 bridgehead atoms. The number of nitrogens with two attached hydrogens (primary N) is 1. The second kappa shape index (κ2) is 3.15. The van der Waals surface area contributed by atoms with Gasteiger partial charge < -0.3 is 15.2 Å². The Morgan fingerprint density at radius 3 is 2.64 bits per heavy atom. The maximum absolute atomic E-state index is 10.6. The zero-order valence-electron chi connectivity index (χ0n) is 7.23. The normalized spacial score (nSPS) is 12.9. The van der Waals surface area contributed by atoms with E-state index in [9.17, 15) is 10.1 Å². The SMILES string of the molecule is NCc1cc2c(cc1[N+](=O)[O-])OCO2. The van der Waals surface area contributed by atoms with Gasteiger partial charge in [-0.15, -0.1) is 0 Å². The first-order valence-electron chi connectivity index (χ1n) is 3.99. The molecular formula is C8H8N2O4. The lowest BCUT2D eigenvalue weighted by molar-refractivity contribution is -0.385. The number of rotatable bonds is 2. The molecule has 0 radical (unpaired) electrons. The second-order valence-electron chi connectivity index (χ2n) is 2.80. The van der Waals surface area contributed by atoms with Crippen LogP contribution in [0.25, 0.3) is 0 Å². The Labute approximate surface area is 79.4 Å². The van der Waals surface area contributed by atoms with Crippen LogP contribution in [0.4, 0.5) is 5.69 Å². The van der Waals surface area contributed by atoms with Crippen molar-refractivity contribution in [2.45, 2.75) is 6.54 Å². The minimum absolute atomic E-state index is 0.0308.